The number of carbonyl (C=O) groups is 11. The first-order chi connectivity index (χ1) is 39.2. The number of allylic oxidation sites excluding steroid dienone is 2. The summed E-state index contributed by atoms with van der Waals surface area (Å²) >= 11 is 0. The average molecular weight is 1210 g/mol. The van der Waals surface area contributed by atoms with Crippen LogP contribution in [0.3, 0.4) is 0 Å². The fourth-order valence-electron chi connectivity index (χ4n) is 9.76. The van der Waals surface area contributed by atoms with E-state index in [2.05, 4.69) is 31.9 Å². The number of carboxylic acids is 1. The van der Waals surface area contributed by atoms with Crippen LogP contribution in [0.1, 0.15) is 156 Å². The summed E-state index contributed by atoms with van der Waals surface area (Å²) < 4.78 is 0. The molecule has 12 atom stereocenters. The van der Waals surface area contributed by atoms with Gasteiger partial charge in [-0.1, -0.05) is 109 Å². The second-order valence-electron chi connectivity index (χ2n) is 25.4. The number of hydrogen-bond donors (Lipinski definition) is 8. The molecule has 0 aromatic heterocycles. The van der Waals surface area contributed by atoms with E-state index in [-0.39, 0.29) is 61.7 Å². The van der Waals surface area contributed by atoms with Gasteiger partial charge in [-0.2, -0.15) is 0 Å². The van der Waals surface area contributed by atoms with Crippen LogP contribution in [0.5, 0.6) is 0 Å². The minimum Gasteiger partial charge on any atom is -0.480 e. The van der Waals surface area contributed by atoms with Gasteiger partial charge in [-0.15, -0.1) is 0 Å². The third kappa shape index (κ3) is 25.0. The lowest BCUT2D eigenvalue weighted by atomic mass is 9.94. The summed E-state index contributed by atoms with van der Waals surface area (Å²) in [5, 5.41) is 37.0. The summed E-state index contributed by atoms with van der Waals surface area (Å²) in [5.41, 5.74) is 0. The number of aliphatic hydroxyl groups is 1. The first-order valence-corrected chi connectivity index (χ1v) is 30.3. The Hall–Kier alpha value is -6.17. The highest BCUT2D eigenvalue weighted by Gasteiger charge is 2.41. The fraction of sp³-hybridized carbons (Fsp3) is 0.787. The van der Waals surface area contributed by atoms with Crippen molar-refractivity contribution >= 4 is 65.0 Å². The van der Waals surface area contributed by atoms with Crippen LogP contribution in [0, 0.1) is 41.4 Å². The number of likely N-dealkylation sites (N-methyl/N-ethyl adjacent to an activating group) is 6. The minimum absolute atomic E-state index is 0.0742. The van der Waals surface area contributed by atoms with E-state index in [1.165, 1.54) is 75.7 Å². The average Bonchev–Trinajstić information content (AvgIpc) is 3.63. The zero-order valence-electron chi connectivity index (χ0n) is 55.6. The first kappa shape index (κ1) is 78.8. The molecule has 0 heterocycles. The monoisotopic (exact) mass is 1210 g/mol. The highest BCUT2D eigenvalue weighted by Crippen LogP contribution is 2.22. The molecule has 24 nitrogen and oxygen atoms in total. The predicted molar refractivity (Wildman–Crippen MR) is 328 cm³/mol. The normalized spacial score (nSPS) is 16.0. The number of aliphatic hydroxyl groups excluding tert-OH is 1. The number of rotatable bonds is 37. The number of nitrogens with one attached hydrogen (secondary N) is 6. The number of amides is 10. The van der Waals surface area contributed by atoms with E-state index < -0.39 is 150 Å². The lowest BCUT2D eigenvalue weighted by molar-refractivity contribution is -0.150. The van der Waals surface area contributed by atoms with Crippen molar-refractivity contribution in [3.05, 3.63) is 12.2 Å². The fourth-order valence-corrected chi connectivity index (χ4v) is 9.76. The topological polar surface area (TPSA) is 317 Å². The number of carbonyl (C=O) groups excluding carboxylic acids is 10. The Kier molecular flexibility index (Phi) is 34.7. The maximum atomic E-state index is 14.5. The van der Waals surface area contributed by atoms with Crippen molar-refractivity contribution in [2.24, 2.45) is 41.4 Å². The second-order valence-corrected chi connectivity index (χ2v) is 25.4. The van der Waals surface area contributed by atoms with Crippen molar-refractivity contribution < 1.29 is 63.0 Å². The maximum absolute atomic E-state index is 14.5. The molecular weight excluding hydrogens is 1090 g/mol. The van der Waals surface area contributed by atoms with Gasteiger partial charge in [0.05, 0.1) is 12.6 Å². The van der Waals surface area contributed by atoms with Crippen LogP contribution < -0.4 is 31.9 Å². The van der Waals surface area contributed by atoms with Crippen LogP contribution >= 0.6 is 0 Å². The van der Waals surface area contributed by atoms with E-state index in [9.17, 15) is 63.0 Å². The van der Waals surface area contributed by atoms with Crippen LogP contribution in [0.2, 0.25) is 0 Å². The van der Waals surface area contributed by atoms with Gasteiger partial charge in [0, 0.05) is 35.2 Å². The van der Waals surface area contributed by atoms with Gasteiger partial charge in [0.25, 0.3) is 0 Å². The third-order valence-electron chi connectivity index (χ3n) is 15.3. The molecule has 8 N–H and O–H groups in total. The van der Waals surface area contributed by atoms with E-state index in [0.717, 1.165) is 4.90 Å². The molecule has 10 amide bonds. The largest absolute Gasteiger partial charge is 0.480 e. The molecule has 0 saturated heterocycles. The van der Waals surface area contributed by atoms with E-state index in [0.29, 0.717) is 6.42 Å². The smallest absolute Gasteiger partial charge is 0.326 e. The molecule has 0 saturated carbocycles. The van der Waals surface area contributed by atoms with Gasteiger partial charge < -0.3 is 66.6 Å². The molecule has 0 rings (SSSR count). The molecule has 85 heavy (non-hydrogen) atoms. The van der Waals surface area contributed by atoms with Crippen molar-refractivity contribution in [3.63, 3.8) is 0 Å². The maximum Gasteiger partial charge on any atom is 0.326 e. The zero-order valence-corrected chi connectivity index (χ0v) is 55.6. The van der Waals surface area contributed by atoms with Crippen molar-refractivity contribution in [3.8, 4) is 0 Å². The summed E-state index contributed by atoms with van der Waals surface area (Å²) in [6, 6.07) is -11.3. The molecular formula is C61H111N11O13. The van der Waals surface area contributed by atoms with Crippen molar-refractivity contribution in [1.82, 2.24) is 56.4 Å². The Bertz CT molecular complexity index is 2260. The van der Waals surface area contributed by atoms with Crippen molar-refractivity contribution in [1.29, 1.82) is 0 Å². The zero-order chi connectivity index (χ0) is 66.2. The molecule has 0 aromatic rings. The molecule has 2 unspecified atom stereocenters. The molecule has 0 aliphatic carbocycles. The molecule has 0 spiro atoms. The van der Waals surface area contributed by atoms with Gasteiger partial charge in [-0.25, -0.2) is 4.79 Å². The SMILES string of the molecule is C/C=C/CC(C)C(O)[C@H](NC)C(=O)N[C@@H](CC)C(=O)N(C)CC(=O)N(C)[C@@H](CC(C)C)C(=O)N[C@H](C(=O)N(C)[C@@H](CC(C)C)C(=O)N[C@@H](C)C(=O)N[C@H](C)C(=O)N(C)[C@@H](CC(C)C)C(=O)N(C)[C@@H](CC(C)C)C(=O)N[C@H](C(=O)O)C(C)C)C(C)C. The van der Waals surface area contributed by atoms with Crippen LogP contribution in [0.15, 0.2) is 12.2 Å². The highest BCUT2D eigenvalue weighted by atomic mass is 16.4. The van der Waals surface area contributed by atoms with Gasteiger partial charge in [-0.3, -0.25) is 47.9 Å². The molecule has 0 radical (unpaired) electrons. The summed E-state index contributed by atoms with van der Waals surface area (Å²) in [6.45, 7) is 29.4. The number of nitrogens with zero attached hydrogens (tertiary/aromatic N) is 5. The molecule has 488 valence electrons. The lowest BCUT2D eigenvalue weighted by Crippen LogP contribution is -2.61. The van der Waals surface area contributed by atoms with Crippen molar-refractivity contribution in [2.45, 2.75) is 223 Å². The highest BCUT2D eigenvalue weighted by molar-refractivity contribution is 5.98. The Morgan fingerprint density at radius 3 is 1.27 bits per heavy atom. The minimum atomic E-state index is -1.24. The Labute approximate surface area is 507 Å². The molecule has 24 heteroatoms. The number of hydrogen-bond acceptors (Lipinski definition) is 13. The standard InChI is InChI=1S/C61H111N11O13/c1-24-26-27-39(15)51(74)50(62-18)56(79)65-42(25-2)58(81)68(19)32-47(73)69(20)43(28-33(3)4)54(77)66-48(37(11)12)60(83)71(22)44(29-34(5)6)53(76)63-40(16)52(75)64-41(17)57(80)72(23)46(31-36(9)10)59(82)70(21)45(30-35(7)8)55(78)67-49(38(13)14)61(84)85/h24,26,33-46,48-51,62,74H,25,27-32H2,1-23H3,(H,63,76)(H,64,75)(H,65,79)(H,66,77)(H,67,78)(H,84,85)/b26-24+/t39?,40-,41+,42-,43-,44-,45-,46-,48-,49-,50-,51?/m0/s1. The first-order valence-electron chi connectivity index (χ1n) is 30.3. The summed E-state index contributed by atoms with van der Waals surface area (Å²) in [5.74, 6) is -9.17. The number of aliphatic carboxylic acids is 1. The molecule has 0 bridgehead atoms. The van der Waals surface area contributed by atoms with Gasteiger partial charge in [0.15, 0.2) is 0 Å². The lowest BCUT2D eigenvalue weighted by Gasteiger charge is -2.37. The second kappa shape index (κ2) is 37.4. The van der Waals surface area contributed by atoms with Gasteiger partial charge >= 0.3 is 5.97 Å². The predicted octanol–water partition coefficient (Wildman–Crippen LogP) is 2.76. The summed E-state index contributed by atoms with van der Waals surface area (Å²) in [7, 11) is 8.67. The van der Waals surface area contributed by atoms with Crippen LogP contribution in [-0.4, -0.2) is 215 Å². The van der Waals surface area contributed by atoms with Gasteiger partial charge in [-0.05, 0) is 108 Å². The van der Waals surface area contributed by atoms with Crippen molar-refractivity contribution in [2.75, 3.05) is 48.8 Å². The van der Waals surface area contributed by atoms with Gasteiger partial charge in [0.2, 0.25) is 59.1 Å². The Balaban J connectivity index is 6.46. The summed E-state index contributed by atoms with van der Waals surface area (Å²) in [4.78, 5) is 158. The van der Waals surface area contributed by atoms with E-state index in [4.69, 9.17) is 0 Å². The molecule has 0 fully saturated rings. The third-order valence-corrected chi connectivity index (χ3v) is 15.3. The molecule has 0 aliphatic heterocycles. The van der Waals surface area contributed by atoms with E-state index in [1.54, 1.807) is 34.6 Å². The number of carboxylic acid groups (broad SMARTS) is 1. The summed E-state index contributed by atoms with van der Waals surface area (Å²) in [6.07, 6.45) is 4.12. The van der Waals surface area contributed by atoms with Crippen LogP contribution in [0.25, 0.3) is 0 Å². The van der Waals surface area contributed by atoms with E-state index in [1.807, 2.05) is 81.4 Å². The Morgan fingerprint density at radius 2 is 0.859 bits per heavy atom. The van der Waals surface area contributed by atoms with Crippen LogP contribution in [-0.2, 0) is 52.7 Å². The van der Waals surface area contributed by atoms with E-state index >= 15 is 0 Å². The van der Waals surface area contributed by atoms with Crippen LogP contribution in [0.4, 0.5) is 0 Å². The van der Waals surface area contributed by atoms with Gasteiger partial charge in [0.1, 0.15) is 60.4 Å². The Morgan fingerprint density at radius 1 is 0.459 bits per heavy atom. The molecule has 0 aromatic carbocycles. The quantitative estimate of drug-likeness (QED) is 0.0415. The molecule has 0 aliphatic rings.